The van der Waals surface area contributed by atoms with Crippen LogP contribution in [0.2, 0.25) is 0 Å². The van der Waals surface area contributed by atoms with Gasteiger partial charge >= 0.3 is 0 Å². The first-order valence-corrected chi connectivity index (χ1v) is 7.32. The monoisotopic (exact) mass is 327 g/mol. The van der Waals surface area contributed by atoms with Crippen molar-refractivity contribution in [1.29, 1.82) is 10.5 Å². The molecule has 1 aromatic rings. The lowest BCUT2D eigenvalue weighted by Crippen LogP contribution is -2.56. The van der Waals surface area contributed by atoms with Crippen molar-refractivity contribution in [1.82, 2.24) is 5.32 Å². The summed E-state index contributed by atoms with van der Waals surface area (Å²) in [6, 6.07) is 7.53. The Morgan fingerprint density at radius 3 is 2.04 bits per heavy atom. The minimum Gasteiger partial charge on any atom is -0.497 e. The molecule has 1 heterocycles. The highest BCUT2D eigenvalue weighted by atomic mass is 16.5. The third-order valence-electron chi connectivity index (χ3n) is 4.32. The van der Waals surface area contributed by atoms with Gasteiger partial charge in [0.2, 0.25) is 0 Å². The van der Waals surface area contributed by atoms with Gasteiger partial charge in [0, 0.05) is 11.5 Å². The summed E-state index contributed by atoms with van der Waals surface area (Å²) in [6.07, 6.45) is 1.19. The Labute approximate surface area is 139 Å². The SMILES string of the molecule is COc1ccc(OC)c(C2[C@@H](C#N)[C@@H](C=O)N[C@H](C=O)[C@H]2C#N)c1. The van der Waals surface area contributed by atoms with Crippen LogP contribution in [-0.2, 0) is 9.59 Å². The molecule has 1 N–H and O–H groups in total. The molecular formula is C17H17N3O4. The molecule has 0 aliphatic carbocycles. The van der Waals surface area contributed by atoms with Gasteiger partial charge in [0.1, 0.15) is 24.1 Å². The van der Waals surface area contributed by atoms with Gasteiger partial charge in [-0.25, -0.2) is 0 Å². The number of nitrogens with zero attached hydrogens (tertiary/aromatic N) is 2. The molecule has 124 valence electrons. The fraction of sp³-hybridized carbons (Fsp3) is 0.412. The number of nitriles is 2. The number of carbonyl (C=O) groups is 2. The van der Waals surface area contributed by atoms with E-state index in [1.54, 1.807) is 18.2 Å². The molecule has 1 aliphatic rings. The van der Waals surface area contributed by atoms with Crippen molar-refractivity contribution in [3.05, 3.63) is 23.8 Å². The number of methoxy groups -OCH3 is 2. The van der Waals surface area contributed by atoms with Crippen LogP contribution < -0.4 is 14.8 Å². The van der Waals surface area contributed by atoms with Gasteiger partial charge in [0.15, 0.2) is 0 Å². The fourth-order valence-electron chi connectivity index (χ4n) is 3.16. The average Bonchev–Trinajstić information content (AvgIpc) is 2.65. The molecule has 0 saturated carbocycles. The van der Waals surface area contributed by atoms with E-state index in [1.807, 2.05) is 0 Å². The Hall–Kier alpha value is -2.90. The first-order chi connectivity index (χ1) is 11.6. The van der Waals surface area contributed by atoms with Crippen LogP contribution in [0.5, 0.6) is 11.5 Å². The minimum atomic E-state index is -0.851. The maximum atomic E-state index is 11.4. The number of hydrogen-bond donors (Lipinski definition) is 1. The van der Waals surface area contributed by atoms with Crippen molar-refractivity contribution in [2.24, 2.45) is 11.8 Å². The van der Waals surface area contributed by atoms with Crippen LogP contribution in [0.25, 0.3) is 0 Å². The summed E-state index contributed by atoms with van der Waals surface area (Å²) in [7, 11) is 2.98. The molecule has 5 atom stereocenters. The molecule has 0 aromatic heterocycles. The van der Waals surface area contributed by atoms with E-state index in [-0.39, 0.29) is 0 Å². The Balaban J connectivity index is 2.65. The second kappa shape index (κ2) is 7.58. The Bertz CT molecular complexity index is 675. The number of piperidine rings is 1. The Kier molecular flexibility index (Phi) is 5.51. The lowest BCUT2D eigenvalue weighted by atomic mass is 9.69. The summed E-state index contributed by atoms with van der Waals surface area (Å²) in [6.45, 7) is 0. The number of aldehydes is 2. The number of ether oxygens (including phenoxy) is 2. The van der Waals surface area contributed by atoms with Crippen molar-refractivity contribution in [2.75, 3.05) is 14.2 Å². The van der Waals surface area contributed by atoms with E-state index in [9.17, 15) is 20.1 Å². The lowest BCUT2D eigenvalue weighted by Gasteiger charge is -2.39. The Morgan fingerprint density at radius 2 is 1.62 bits per heavy atom. The predicted octanol–water partition coefficient (Wildman–Crippen LogP) is 0.805. The summed E-state index contributed by atoms with van der Waals surface area (Å²) in [5.41, 5.74) is 0.565. The quantitative estimate of drug-likeness (QED) is 0.796. The number of benzene rings is 1. The van der Waals surface area contributed by atoms with Gasteiger partial charge in [0.05, 0.1) is 50.3 Å². The highest BCUT2D eigenvalue weighted by molar-refractivity contribution is 5.67. The smallest absolute Gasteiger partial charge is 0.138 e. The molecule has 1 unspecified atom stereocenters. The van der Waals surface area contributed by atoms with Crippen LogP contribution in [0.3, 0.4) is 0 Å². The average molecular weight is 327 g/mol. The van der Waals surface area contributed by atoms with Gasteiger partial charge in [-0.3, -0.25) is 5.32 Å². The van der Waals surface area contributed by atoms with Gasteiger partial charge in [0.25, 0.3) is 0 Å². The molecule has 2 rings (SSSR count). The largest absolute Gasteiger partial charge is 0.497 e. The van der Waals surface area contributed by atoms with Crippen molar-refractivity contribution in [2.45, 2.75) is 18.0 Å². The van der Waals surface area contributed by atoms with Crippen LogP contribution in [0.4, 0.5) is 0 Å². The molecule has 7 heteroatoms. The normalized spacial score (nSPS) is 28.9. The van der Waals surface area contributed by atoms with E-state index in [2.05, 4.69) is 17.5 Å². The fourth-order valence-corrected chi connectivity index (χ4v) is 3.16. The third-order valence-corrected chi connectivity index (χ3v) is 4.32. The second-order valence-electron chi connectivity index (χ2n) is 5.43. The van der Waals surface area contributed by atoms with Crippen LogP contribution in [0, 0.1) is 34.5 Å². The molecule has 1 fully saturated rings. The third kappa shape index (κ3) is 2.94. The van der Waals surface area contributed by atoms with E-state index in [4.69, 9.17) is 9.47 Å². The first kappa shape index (κ1) is 17.5. The van der Waals surface area contributed by atoms with Gasteiger partial charge < -0.3 is 19.1 Å². The van der Waals surface area contributed by atoms with E-state index in [0.717, 1.165) is 0 Å². The molecule has 24 heavy (non-hydrogen) atoms. The summed E-state index contributed by atoms with van der Waals surface area (Å²) >= 11 is 0. The molecule has 0 radical (unpaired) electrons. The zero-order valence-electron chi connectivity index (χ0n) is 13.3. The van der Waals surface area contributed by atoms with Gasteiger partial charge in [-0.05, 0) is 18.2 Å². The Morgan fingerprint density at radius 1 is 1.04 bits per heavy atom. The molecule has 1 aliphatic heterocycles. The zero-order chi connectivity index (χ0) is 17.7. The van der Waals surface area contributed by atoms with Crippen LogP contribution in [0.15, 0.2) is 18.2 Å². The van der Waals surface area contributed by atoms with Gasteiger partial charge in [-0.2, -0.15) is 10.5 Å². The van der Waals surface area contributed by atoms with Crippen LogP contribution in [0.1, 0.15) is 11.5 Å². The highest BCUT2D eigenvalue weighted by Crippen LogP contribution is 2.43. The molecular weight excluding hydrogens is 310 g/mol. The number of rotatable bonds is 5. The van der Waals surface area contributed by atoms with Crippen molar-refractivity contribution < 1.29 is 19.1 Å². The van der Waals surface area contributed by atoms with Crippen molar-refractivity contribution in [3.63, 3.8) is 0 Å². The topological polar surface area (TPSA) is 112 Å². The maximum absolute atomic E-state index is 11.4. The molecule has 7 nitrogen and oxygen atoms in total. The number of carbonyl (C=O) groups excluding carboxylic acids is 2. The second-order valence-corrected chi connectivity index (χ2v) is 5.43. The molecule has 0 bridgehead atoms. The summed E-state index contributed by atoms with van der Waals surface area (Å²) in [5, 5.41) is 21.9. The van der Waals surface area contributed by atoms with E-state index in [0.29, 0.717) is 29.6 Å². The predicted molar refractivity (Wildman–Crippen MR) is 83.3 cm³/mol. The van der Waals surface area contributed by atoms with Crippen molar-refractivity contribution >= 4 is 12.6 Å². The summed E-state index contributed by atoms with van der Waals surface area (Å²) in [5.74, 6) is -1.30. The van der Waals surface area contributed by atoms with Crippen molar-refractivity contribution in [3.8, 4) is 23.6 Å². The van der Waals surface area contributed by atoms with Gasteiger partial charge in [-0.15, -0.1) is 0 Å². The first-order valence-electron chi connectivity index (χ1n) is 7.32. The van der Waals surface area contributed by atoms with Crippen LogP contribution >= 0.6 is 0 Å². The van der Waals surface area contributed by atoms with Crippen LogP contribution in [-0.4, -0.2) is 38.9 Å². The number of nitrogens with one attached hydrogen (secondary N) is 1. The lowest BCUT2D eigenvalue weighted by molar-refractivity contribution is -0.114. The molecule has 0 spiro atoms. The van der Waals surface area contributed by atoms with E-state index < -0.39 is 29.8 Å². The summed E-state index contributed by atoms with van der Waals surface area (Å²) in [4.78, 5) is 22.7. The number of hydrogen-bond acceptors (Lipinski definition) is 7. The van der Waals surface area contributed by atoms with Gasteiger partial charge in [-0.1, -0.05) is 0 Å². The molecule has 1 aromatic carbocycles. The minimum absolute atomic E-state index is 0.470. The highest BCUT2D eigenvalue weighted by Gasteiger charge is 2.46. The molecule has 0 amide bonds. The van der Waals surface area contributed by atoms with E-state index in [1.165, 1.54) is 14.2 Å². The molecule has 1 saturated heterocycles. The summed E-state index contributed by atoms with van der Waals surface area (Å²) < 4.78 is 10.6. The van der Waals surface area contributed by atoms with E-state index >= 15 is 0 Å². The standard InChI is InChI=1S/C17H17N3O4/c1-23-10-3-4-16(24-2)11(5-10)17-12(6-18)14(8-21)20-15(9-22)13(17)7-19/h3-5,8-9,12-15,17,20H,1-2H3/t12-,13+,14-,15-,17?/m1/s1. The maximum Gasteiger partial charge on any atom is 0.138 e. The zero-order valence-corrected chi connectivity index (χ0v) is 13.3.